The molecule has 0 spiro atoms. The van der Waals surface area contributed by atoms with Gasteiger partial charge in [-0.1, -0.05) is 11.6 Å². The van der Waals surface area contributed by atoms with Gasteiger partial charge < -0.3 is 19.7 Å². The van der Waals surface area contributed by atoms with E-state index in [1.807, 2.05) is 25.1 Å². The first-order valence-corrected chi connectivity index (χ1v) is 9.01. The molecule has 1 aliphatic rings. The summed E-state index contributed by atoms with van der Waals surface area (Å²) in [6.07, 6.45) is 0.190. The maximum Gasteiger partial charge on any atom is 0.224 e. The lowest BCUT2D eigenvalue weighted by molar-refractivity contribution is -0.116. The summed E-state index contributed by atoms with van der Waals surface area (Å²) in [5, 5.41) is 3.31. The molecule has 7 heteroatoms. The first-order valence-electron chi connectivity index (χ1n) is 8.63. The van der Waals surface area contributed by atoms with Crippen molar-refractivity contribution >= 4 is 34.7 Å². The summed E-state index contributed by atoms with van der Waals surface area (Å²) in [5.41, 5.74) is 1.97. The number of Topliss-reactive ketones (excluding diaryl/α,β-unsaturated/α-hetero) is 1. The van der Waals surface area contributed by atoms with Gasteiger partial charge in [0.2, 0.25) is 5.91 Å². The number of nitrogens with one attached hydrogen (secondary N) is 1. The molecule has 1 N–H and O–H groups in total. The normalized spacial score (nSPS) is 12.4. The molecule has 2 aromatic carbocycles. The zero-order valence-corrected chi connectivity index (χ0v) is 16.0. The summed E-state index contributed by atoms with van der Waals surface area (Å²) in [4.78, 5) is 26.4. The van der Waals surface area contributed by atoms with Gasteiger partial charge in [-0.25, -0.2) is 0 Å². The number of halogens is 1. The number of fused-ring (bicyclic) bond motifs is 1. The monoisotopic (exact) mass is 388 g/mol. The van der Waals surface area contributed by atoms with E-state index in [2.05, 4.69) is 5.32 Å². The quantitative estimate of drug-likeness (QED) is 0.763. The Morgan fingerprint density at radius 1 is 1.04 bits per heavy atom. The topological polar surface area (TPSA) is 67.9 Å². The maximum absolute atomic E-state index is 12.4. The second-order valence-corrected chi connectivity index (χ2v) is 6.80. The molecule has 0 aliphatic carbocycles. The van der Waals surface area contributed by atoms with Crippen LogP contribution in [0.25, 0.3) is 0 Å². The summed E-state index contributed by atoms with van der Waals surface area (Å²) < 4.78 is 10.9. The van der Waals surface area contributed by atoms with Crippen LogP contribution in [0.2, 0.25) is 5.02 Å². The van der Waals surface area contributed by atoms with E-state index in [0.717, 1.165) is 5.69 Å². The minimum atomic E-state index is -0.241. The van der Waals surface area contributed by atoms with Crippen molar-refractivity contribution in [1.29, 1.82) is 0 Å². The predicted octanol–water partition coefficient (Wildman–Crippen LogP) is 3.78. The molecule has 1 amide bonds. The molecule has 0 unspecified atom stereocenters. The number of ketones is 1. The lowest BCUT2D eigenvalue weighted by Gasteiger charge is -2.18. The Labute approximate surface area is 163 Å². The largest absolute Gasteiger partial charge is 0.486 e. The standard InChI is InChI=1S/C20H21ClN2O4/c1-23(2)16-5-4-14(12-15(16)21)22-20(25)8-6-17(24)13-3-7-18-19(11-13)27-10-9-26-18/h3-5,7,11-12H,6,8-10H2,1-2H3,(H,22,25). The van der Waals surface area contributed by atoms with E-state index in [9.17, 15) is 9.59 Å². The van der Waals surface area contributed by atoms with E-state index >= 15 is 0 Å². The first kappa shape index (κ1) is 19.0. The summed E-state index contributed by atoms with van der Waals surface area (Å²) in [6.45, 7) is 0.961. The van der Waals surface area contributed by atoms with E-state index in [1.165, 1.54) is 0 Å². The third-order valence-corrected chi connectivity index (χ3v) is 4.46. The summed E-state index contributed by atoms with van der Waals surface area (Å²) in [6, 6.07) is 10.4. The lowest BCUT2D eigenvalue weighted by atomic mass is 10.1. The van der Waals surface area contributed by atoms with Crippen LogP contribution in [-0.4, -0.2) is 39.0 Å². The van der Waals surface area contributed by atoms with Crippen LogP contribution in [0.5, 0.6) is 11.5 Å². The molecule has 142 valence electrons. The van der Waals surface area contributed by atoms with Gasteiger partial charge >= 0.3 is 0 Å². The van der Waals surface area contributed by atoms with E-state index in [4.69, 9.17) is 21.1 Å². The number of hydrogen-bond donors (Lipinski definition) is 1. The molecule has 3 rings (SSSR count). The number of carbonyl (C=O) groups is 2. The Hall–Kier alpha value is -2.73. The zero-order chi connectivity index (χ0) is 19.4. The van der Waals surface area contributed by atoms with E-state index in [-0.39, 0.29) is 24.5 Å². The number of nitrogens with zero attached hydrogens (tertiary/aromatic N) is 1. The highest BCUT2D eigenvalue weighted by Gasteiger charge is 2.16. The third kappa shape index (κ3) is 4.71. The van der Waals surface area contributed by atoms with Crippen LogP contribution in [0, 0.1) is 0 Å². The number of amides is 1. The molecule has 0 saturated heterocycles. The molecule has 0 aromatic heterocycles. The second kappa shape index (κ2) is 8.31. The number of carbonyl (C=O) groups excluding carboxylic acids is 2. The Kier molecular flexibility index (Phi) is 5.86. The van der Waals surface area contributed by atoms with Gasteiger partial charge in [0.05, 0.1) is 10.7 Å². The van der Waals surface area contributed by atoms with Crippen LogP contribution >= 0.6 is 11.6 Å². The Morgan fingerprint density at radius 3 is 2.48 bits per heavy atom. The predicted molar refractivity (Wildman–Crippen MR) is 105 cm³/mol. The average Bonchev–Trinajstić information content (AvgIpc) is 2.65. The van der Waals surface area contributed by atoms with Crippen LogP contribution in [0.3, 0.4) is 0 Å². The number of ether oxygens (including phenoxy) is 2. The van der Waals surface area contributed by atoms with E-state index in [0.29, 0.717) is 41.0 Å². The van der Waals surface area contributed by atoms with Crippen LogP contribution in [0.1, 0.15) is 23.2 Å². The van der Waals surface area contributed by atoms with Crippen molar-refractivity contribution in [2.45, 2.75) is 12.8 Å². The smallest absolute Gasteiger partial charge is 0.224 e. The van der Waals surface area contributed by atoms with Crippen molar-refractivity contribution < 1.29 is 19.1 Å². The molecule has 0 fully saturated rings. The molecule has 27 heavy (non-hydrogen) atoms. The van der Waals surface area contributed by atoms with E-state index < -0.39 is 0 Å². The van der Waals surface area contributed by atoms with Gasteiger partial charge in [-0.05, 0) is 36.4 Å². The Morgan fingerprint density at radius 2 is 1.78 bits per heavy atom. The highest BCUT2D eigenvalue weighted by Crippen LogP contribution is 2.31. The van der Waals surface area contributed by atoms with Gasteiger partial charge in [0, 0.05) is 38.2 Å². The molecular weight excluding hydrogens is 368 g/mol. The fourth-order valence-corrected chi connectivity index (χ4v) is 3.11. The SMILES string of the molecule is CN(C)c1ccc(NC(=O)CCC(=O)c2ccc3c(c2)OCCO3)cc1Cl. The number of benzene rings is 2. The minimum Gasteiger partial charge on any atom is -0.486 e. The molecule has 0 radical (unpaired) electrons. The van der Waals surface area contributed by atoms with E-state index in [1.54, 1.807) is 30.3 Å². The van der Waals surface area contributed by atoms with Crippen molar-refractivity contribution in [3.05, 3.63) is 47.0 Å². The number of rotatable bonds is 6. The second-order valence-electron chi connectivity index (χ2n) is 6.39. The third-order valence-electron chi connectivity index (χ3n) is 4.16. The highest BCUT2D eigenvalue weighted by atomic mass is 35.5. The molecule has 6 nitrogen and oxygen atoms in total. The van der Waals surface area contributed by atoms with Crippen LogP contribution < -0.4 is 19.7 Å². The summed E-state index contributed by atoms with van der Waals surface area (Å²) in [7, 11) is 3.78. The van der Waals surface area contributed by atoms with Gasteiger partial charge in [0.15, 0.2) is 17.3 Å². The molecule has 2 aromatic rings. The Balaban J connectivity index is 1.56. The highest BCUT2D eigenvalue weighted by molar-refractivity contribution is 6.33. The number of hydrogen-bond acceptors (Lipinski definition) is 5. The van der Waals surface area contributed by atoms with Gasteiger partial charge in [0.25, 0.3) is 0 Å². The van der Waals surface area contributed by atoms with Gasteiger partial charge in [-0.3, -0.25) is 9.59 Å². The summed E-state index contributed by atoms with van der Waals surface area (Å²) in [5.74, 6) is 0.832. The molecular formula is C20H21ClN2O4. The molecule has 1 heterocycles. The van der Waals surface area contributed by atoms with Gasteiger partial charge in [-0.2, -0.15) is 0 Å². The van der Waals surface area contributed by atoms with Crippen molar-refractivity contribution in [1.82, 2.24) is 0 Å². The van der Waals surface area contributed by atoms with Crippen LogP contribution in [0.15, 0.2) is 36.4 Å². The van der Waals surface area contributed by atoms with Crippen molar-refractivity contribution in [2.75, 3.05) is 37.5 Å². The van der Waals surface area contributed by atoms with Crippen molar-refractivity contribution in [2.24, 2.45) is 0 Å². The number of anilines is 2. The lowest BCUT2D eigenvalue weighted by Crippen LogP contribution is -2.16. The molecule has 0 bridgehead atoms. The molecule has 0 atom stereocenters. The molecule has 0 saturated carbocycles. The first-order chi connectivity index (χ1) is 12.9. The molecule has 1 aliphatic heterocycles. The van der Waals surface area contributed by atoms with Gasteiger partial charge in [0.1, 0.15) is 13.2 Å². The fraction of sp³-hybridized carbons (Fsp3) is 0.300. The van der Waals surface area contributed by atoms with Gasteiger partial charge in [-0.15, -0.1) is 0 Å². The van der Waals surface area contributed by atoms with Crippen LogP contribution in [-0.2, 0) is 4.79 Å². The average molecular weight is 389 g/mol. The zero-order valence-electron chi connectivity index (χ0n) is 15.3. The maximum atomic E-state index is 12.4. The van der Waals surface area contributed by atoms with Crippen molar-refractivity contribution in [3.8, 4) is 11.5 Å². The summed E-state index contributed by atoms with van der Waals surface area (Å²) >= 11 is 6.20. The Bertz CT molecular complexity index is 867. The van der Waals surface area contributed by atoms with Crippen molar-refractivity contribution in [3.63, 3.8) is 0 Å². The minimum absolute atomic E-state index is 0.0837. The fourth-order valence-electron chi connectivity index (χ4n) is 2.76. The van der Waals surface area contributed by atoms with Crippen LogP contribution in [0.4, 0.5) is 11.4 Å².